The molecule has 2 nitrogen and oxygen atoms in total. The molecule has 0 radical (unpaired) electrons. The van der Waals surface area contributed by atoms with Gasteiger partial charge in [-0.25, -0.2) is 0 Å². The molecule has 0 spiro atoms. The van der Waals surface area contributed by atoms with E-state index in [1.165, 1.54) is 32.1 Å². The van der Waals surface area contributed by atoms with E-state index >= 15 is 0 Å². The molecule has 1 aromatic carbocycles. The molecule has 0 heterocycles. The molecule has 1 aliphatic carbocycles. The third kappa shape index (κ3) is 4.39. The highest BCUT2D eigenvalue weighted by molar-refractivity contribution is 6.43. The fourth-order valence-electron chi connectivity index (χ4n) is 2.62. The highest BCUT2D eigenvalue weighted by atomic mass is 35.5. The van der Waals surface area contributed by atoms with Crippen molar-refractivity contribution in [1.82, 2.24) is 0 Å². The highest BCUT2D eigenvalue weighted by Crippen LogP contribution is 2.30. The van der Waals surface area contributed by atoms with Crippen LogP contribution in [0.3, 0.4) is 0 Å². The molecular weight excluding hydrogens is 281 g/mol. The monoisotopic (exact) mass is 299 g/mol. The van der Waals surface area contributed by atoms with Crippen LogP contribution in [-0.2, 0) is 4.79 Å². The van der Waals surface area contributed by atoms with Crippen LogP contribution in [-0.4, -0.2) is 5.91 Å². The van der Waals surface area contributed by atoms with Crippen molar-refractivity contribution < 1.29 is 4.79 Å². The van der Waals surface area contributed by atoms with Gasteiger partial charge in [0, 0.05) is 6.42 Å². The molecule has 1 amide bonds. The van der Waals surface area contributed by atoms with Gasteiger partial charge >= 0.3 is 0 Å². The van der Waals surface area contributed by atoms with Gasteiger partial charge in [-0.1, -0.05) is 61.4 Å². The SMILES string of the molecule is O=C(CCC1CCCCC1)Nc1cccc(Cl)c1Cl. The summed E-state index contributed by atoms with van der Waals surface area (Å²) < 4.78 is 0. The number of anilines is 1. The van der Waals surface area contributed by atoms with Crippen molar-refractivity contribution in [2.45, 2.75) is 44.9 Å². The zero-order valence-electron chi connectivity index (χ0n) is 10.9. The minimum Gasteiger partial charge on any atom is -0.325 e. The van der Waals surface area contributed by atoms with Gasteiger partial charge in [0.05, 0.1) is 15.7 Å². The Labute approximate surface area is 124 Å². The Morgan fingerprint density at radius 3 is 2.68 bits per heavy atom. The van der Waals surface area contributed by atoms with E-state index < -0.39 is 0 Å². The van der Waals surface area contributed by atoms with Crippen LogP contribution in [0.4, 0.5) is 5.69 Å². The quantitative estimate of drug-likeness (QED) is 0.804. The summed E-state index contributed by atoms with van der Waals surface area (Å²) >= 11 is 12.0. The highest BCUT2D eigenvalue weighted by Gasteiger charge is 2.15. The van der Waals surface area contributed by atoms with Crippen LogP contribution in [0.25, 0.3) is 0 Å². The Morgan fingerprint density at radius 2 is 1.95 bits per heavy atom. The van der Waals surface area contributed by atoms with E-state index in [-0.39, 0.29) is 5.91 Å². The van der Waals surface area contributed by atoms with E-state index in [2.05, 4.69) is 5.32 Å². The molecule has 2 rings (SSSR count). The molecule has 0 saturated heterocycles. The Morgan fingerprint density at radius 1 is 1.21 bits per heavy atom. The Balaban J connectivity index is 1.82. The number of hydrogen-bond acceptors (Lipinski definition) is 1. The average Bonchev–Trinajstić information content (AvgIpc) is 2.43. The first-order chi connectivity index (χ1) is 9.16. The molecule has 1 saturated carbocycles. The summed E-state index contributed by atoms with van der Waals surface area (Å²) in [5.41, 5.74) is 0.600. The zero-order chi connectivity index (χ0) is 13.7. The lowest BCUT2D eigenvalue weighted by molar-refractivity contribution is -0.116. The van der Waals surface area contributed by atoms with E-state index in [9.17, 15) is 4.79 Å². The van der Waals surface area contributed by atoms with Gasteiger partial charge in [0.25, 0.3) is 0 Å². The third-order valence-electron chi connectivity index (χ3n) is 3.73. The normalized spacial score (nSPS) is 16.3. The number of carbonyl (C=O) groups excluding carboxylic acids is 1. The maximum absolute atomic E-state index is 11.9. The van der Waals surface area contributed by atoms with E-state index in [0.717, 1.165) is 6.42 Å². The van der Waals surface area contributed by atoms with Gasteiger partial charge in [-0.3, -0.25) is 4.79 Å². The van der Waals surface area contributed by atoms with Gasteiger partial charge in [0.2, 0.25) is 5.91 Å². The van der Waals surface area contributed by atoms with Crippen molar-refractivity contribution in [2.75, 3.05) is 5.32 Å². The standard InChI is InChI=1S/C15H19Cl2NO/c16-12-7-4-8-13(15(12)17)18-14(19)10-9-11-5-2-1-3-6-11/h4,7-8,11H,1-3,5-6,9-10H2,(H,18,19). The topological polar surface area (TPSA) is 29.1 Å². The molecule has 104 valence electrons. The molecular formula is C15H19Cl2NO. The van der Waals surface area contributed by atoms with Gasteiger partial charge < -0.3 is 5.32 Å². The first-order valence-corrected chi connectivity index (χ1v) is 7.66. The third-order valence-corrected chi connectivity index (χ3v) is 4.55. The van der Waals surface area contributed by atoms with Crippen LogP contribution in [0.15, 0.2) is 18.2 Å². The lowest BCUT2D eigenvalue weighted by Gasteiger charge is -2.21. The molecule has 0 aliphatic heterocycles. The smallest absolute Gasteiger partial charge is 0.224 e. The van der Waals surface area contributed by atoms with Crippen molar-refractivity contribution in [3.8, 4) is 0 Å². The summed E-state index contributed by atoms with van der Waals surface area (Å²) in [5.74, 6) is 0.740. The number of amides is 1. The predicted octanol–water partition coefficient (Wildman–Crippen LogP) is 5.29. The van der Waals surface area contributed by atoms with Crippen LogP contribution in [0, 0.1) is 5.92 Å². The maximum atomic E-state index is 11.9. The van der Waals surface area contributed by atoms with Crippen molar-refractivity contribution >= 4 is 34.8 Å². The molecule has 0 bridgehead atoms. The van der Waals surface area contributed by atoms with Gasteiger partial charge in [0.1, 0.15) is 0 Å². The largest absolute Gasteiger partial charge is 0.325 e. The summed E-state index contributed by atoms with van der Waals surface area (Å²) in [6.07, 6.45) is 8.05. The van der Waals surface area contributed by atoms with Gasteiger partial charge in [-0.05, 0) is 24.5 Å². The number of carbonyl (C=O) groups is 1. The van der Waals surface area contributed by atoms with Crippen LogP contribution >= 0.6 is 23.2 Å². The van der Waals surface area contributed by atoms with Crippen LogP contribution in [0.1, 0.15) is 44.9 Å². The summed E-state index contributed by atoms with van der Waals surface area (Å²) in [7, 11) is 0. The average molecular weight is 300 g/mol. The van der Waals surface area contributed by atoms with Crippen LogP contribution < -0.4 is 5.32 Å². The molecule has 1 aliphatic rings. The molecule has 0 atom stereocenters. The van der Waals surface area contributed by atoms with E-state index in [1.807, 2.05) is 0 Å². The van der Waals surface area contributed by atoms with E-state index in [1.54, 1.807) is 18.2 Å². The predicted molar refractivity (Wildman–Crippen MR) is 80.9 cm³/mol. The number of halogens is 2. The van der Waals surface area contributed by atoms with Crippen molar-refractivity contribution in [2.24, 2.45) is 5.92 Å². The van der Waals surface area contributed by atoms with Crippen LogP contribution in [0.5, 0.6) is 0 Å². The fourth-order valence-corrected chi connectivity index (χ4v) is 2.97. The number of benzene rings is 1. The van der Waals surface area contributed by atoms with Crippen molar-refractivity contribution in [3.63, 3.8) is 0 Å². The maximum Gasteiger partial charge on any atom is 0.224 e. The fraction of sp³-hybridized carbons (Fsp3) is 0.533. The lowest BCUT2D eigenvalue weighted by Crippen LogP contribution is -2.15. The zero-order valence-corrected chi connectivity index (χ0v) is 12.4. The Kier molecular flexibility index (Phi) is 5.53. The number of nitrogens with one attached hydrogen (secondary N) is 1. The summed E-state index contributed by atoms with van der Waals surface area (Å²) in [6.45, 7) is 0. The molecule has 19 heavy (non-hydrogen) atoms. The van der Waals surface area contributed by atoms with Crippen LogP contribution in [0.2, 0.25) is 10.0 Å². The molecule has 1 aromatic rings. The van der Waals surface area contributed by atoms with Gasteiger partial charge in [-0.15, -0.1) is 0 Å². The van der Waals surface area contributed by atoms with Gasteiger partial charge in [-0.2, -0.15) is 0 Å². The minimum atomic E-state index is 0.0229. The van der Waals surface area contributed by atoms with E-state index in [4.69, 9.17) is 23.2 Å². The van der Waals surface area contributed by atoms with E-state index in [0.29, 0.717) is 28.1 Å². The summed E-state index contributed by atoms with van der Waals surface area (Å²) in [5, 5.41) is 3.71. The Hall–Kier alpha value is -0.730. The second-order valence-electron chi connectivity index (χ2n) is 5.19. The second-order valence-corrected chi connectivity index (χ2v) is 5.98. The Bertz CT molecular complexity index is 442. The second kappa shape index (κ2) is 7.16. The van der Waals surface area contributed by atoms with Gasteiger partial charge in [0.15, 0.2) is 0 Å². The number of hydrogen-bond donors (Lipinski definition) is 1. The molecule has 4 heteroatoms. The van der Waals surface area contributed by atoms with Crippen molar-refractivity contribution in [3.05, 3.63) is 28.2 Å². The summed E-state index contributed by atoms with van der Waals surface area (Å²) in [6, 6.07) is 5.26. The molecule has 1 fully saturated rings. The first-order valence-electron chi connectivity index (χ1n) is 6.90. The minimum absolute atomic E-state index is 0.0229. The number of rotatable bonds is 4. The first kappa shape index (κ1) is 14.7. The molecule has 1 N–H and O–H groups in total. The lowest BCUT2D eigenvalue weighted by atomic mass is 9.86. The molecule has 0 aromatic heterocycles. The van der Waals surface area contributed by atoms with Crippen molar-refractivity contribution in [1.29, 1.82) is 0 Å². The summed E-state index contributed by atoms with van der Waals surface area (Å²) in [4.78, 5) is 11.9. The molecule has 0 unspecified atom stereocenters.